The molecule has 0 aliphatic heterocycles. The predicted molar refractivity (Wildman–Crippen MR) is 64.8 cm³/mol. The van der Waals surface area contributed by atoms with Crippen LogP contribution >= 0.6 is 7.60 Å². The van der Waals surface area contributed by atoms with Crippen molar-refractivity contribution in [2.75, 3.05) is 13.2 Å². The maximum Gasteiger partial charge on any atom is 0.341 e. The molecule has 0 saturated heterocycles. The van der Waals surface area contributed by atoms with Crippen LogP contribution < -0.4 is 0 Å². The highest BCUT2D eigenvalue weighted by molar-refractivity contribution is 7.55. The molecule has 0 saturated carbocycles. The van der Waals surface area contributed by atoms with Gasteiger partial charge < -0.3 is 9.05 Å². The second-order valence-electron chi connectivity index (χ2n) is 3.66. The van der Waals surface area contributed by atoms with Crippen LogP contribution in [0.25, 0.3) is 0 Å². The van der Waals surface area contributed by atoms with Gasteiger partial charge in [0.1, 0.15) is 11.4 Å². The first-order valence-electron chi connectivity index (χ1n) is 5.41. The number of Topliss-reactive ketones (excluding diaryl/α,β-unsaturated/α-hetero) is 1. The molecule has 0 aromatic carbocycles. The van der Waals surface area contributed by atoms with Crippen molar-refractivity contribution in [1.29, 1.82) is 0 Å². The molecular weight excluding hydrogens is 227 g/mol. The lowest BCUT2D eigenvalue weighted by Gasteiger charge is -2.24. The second kappa shape index (κ2) is 7.00. The van der Waals surface area contributed by atoms with E-state index in [0.717, 1.165) is 5.57 Å². The number of carbonyl (C=O) groups is 1. The maximum absolute atomic E-state index is 12.4. The molecule has 0 radical (unpaired) electrons. The molecule has 4 nitrogen and oxygen atoms in total. The van der Waals surface area contributed by atoms with Crippen molar-refractivity contribution in [2.24, 2.45) is 0 Å². The van der Waals surface area contributed by atoms with Crippen LogP contribution in [0.4, 0.5) is 0 Å². The Morgan fingerprint density at radius 1 is 1.25 bits per heavy atom. The first kappa shape index (κ1) is 15.6. The maximum atomic E-state index is 12.4. The molecule has 0 aliphatic rings. The number of ketones is 1. The average Bonchev–Trinajstić information content (AvgIpc) is 2.14. The van der Waals surface area contributed by atoms with Gasteiger partial charge >= 0.3 is 7.60 Å². The minimum atomic E-state index is -3.35. The first-order chi connectivity index (χ1) is 7.37. The third-order valence-electron chi connectivity index (χ3n) is 2.01. The van der Waals surface area contributed by atoms with E-state index < -0.39 is 13.3 Å². The van der Waals surface area contributed by atoms with Crippen LogP contribution in [0.2, 0.25) is 0 Å². The number of hydrogen-bond acceptors (Lipinski definition) is 4. The van der Waals surface area contributed by atoms with Gasteiger partial charge in [0.2, 0.25) is 0 Å². The van der Waals surface area contributed by atoms with Crippen molar-refractivity contribution in [3.8, 4) is 0 Å². The van der Waals surface area contributed by atoms with Crippen LogP contribution in [-0.2, 0) is 18.4 Å². The Kier molecular flexibility index (Phi) is 6.81. The van der Waals surface area contributed by atoms with Gasteiger partial charge in [0.15, 0.2) is 0 Å². The van der Waals surface area contributed by atoms with Gasteiger partial charge in [-0.25, -0.2) is 0 Å². The molecule has 0 bridgehead atoms. The molecule has 0 spiro atoms. The third kappa shape index (κ3) is 4.60. The predicted octanol–water partition coefficient (Wildman–Crippen LogP) is 3.18. The number of hydrogen-bond donors (Lipinski definition) is 0. The van der Waals surface area contributed by atoms with E-state index in [1.54, 1.807) is 20.8 Å². The molecule has 1 atom stereocenters. The van der Waals surface area contributed by atoms with Crippen molar-refractivity contribution < 1.29 is 18.4 Å². The number of rotatable bonds is 8. The number of carbonyl (C=O) groups excluding carboxylic acids is 1. The highest BCUT2D eigenvalue weighted by Crippen LogP contribution is 2.55. The molecular formula is C11H21O4P. The summed E-state index contributed by atoms with van der Waals surface area (Å²) in [6, 6.07) is 0. The second-order valence-corrected chi connectivity index (χ2v) is 5.88. The van der Waals surface area contributed by atoms with Gasteiger partial charge in [-0.2, -0.15) is 0 Å². The summed E-state index contributed by atoms with van der Waals surface area (Å²) in [7, 11) is -3.35. The van der Waals surface area contributed by atoms with E-state index >= 15 is 0 Å². The fourth-order valence-corrected chi connectivity index (χ4v) is 3.52. The molecule has 0 aromatic rings. The van der Waals surface area contributed by atoms with E-state index in [2.05, 4.69) is 6.58 Å². The fraction of sp³-hybridized carbons (Fsp3) is 0.727. The lowest BCUT2D eigenvalue weighted by molar-refractivity contribution is -0.117. The van der Waals surface area contributed by atoms with Crippen molar-refractivity contribution in [2.45, 2.75) is 39.8 Å². The van der Waals surface area contributed by atoms with Crippen LogP contribution in [0.15, 0.2) is 12.2 Å². The van der Waals surface area contributed by atoms with Gasteiger partial charge in [0.05, 0.1) is 13.2 Å². The van der Waals surface area contributed by atoms with E-state index in [1.807, 2.05) is 0 Å². The van der Waals surface area contributed by atoms with Crippen LogP contribution in [0, 0.1) is 0 Å². The van der Waals surface area contributed by atoms with Crippen LogP contribution in [-0.4, -0.2) is 24.7 Å². The van der Waals surface area contributed by atoms with E-state index in [-0.39, 0.29) is 19.0 Å². The lowest BCUT2D eigenvalue weighted by Crippen LogP contribution is -2.21. The summed E-state index contributed by atoms with van der Waals surface area (Å²) < 4.78 is 22.7. The van der Waals surface area contributed by atoms with E-state index in [1.165, 1.54) is 6.92 Å². The summed E-state index contributed by atoms with van der Waals surface area (Å²) >= 11 is 0. The third-order valence-corrected chi connectivity index (χ3v) is 4.56. The van der Waals surface area contributed by atoms with E-state index in [4.69, 9.17) is 9.05 Å². The number of allylic oxidation sites excluding steroid dienone is 1. The first-order valence-corrected chi connectivity index (χ1v) is 7.02. The smallest absolute Gasteiger partial charge is 0.308 e. The lowest BCUT2D eigenvalue weighted by atomic mass is 10.1. The van der Waals surface area contributed by atoms with Gasteiger partial charge in [-0.15, -0.1) is 6.58 Å². The molecule has 0 heterocycles. The molecule has 0 N–H and O–H groups in total. The molecule has 1 unspecified atom stereocenters. The van der Waals surface area contributed by atoms with Crippen molar-refractivity contribution in [3.63, 3.8) is 0 Å². The largest absolute Gasteiger partial charge is 0.341 e. The van der Waals surface area contributed by atoms with Gasteiger partial charge in [-0.05, 0) is 34.1 Å². The molecule has 0 fully saturated rings. The van der Waals surface area contributed by atoms with Gasteiger partial charge in [-0.3, -0.25) is 9.36 Å². The molecule has 16 heavy (non-hydrogen) atoms. The highest BCUT2D eigenvalue weighted by atomic mass is 31.2. The zero-order valence-corrected chi connectivity index (χ0v) is 11.4. The Balaban J connectivity index is 5.01. The van der Waals surface area contributed by atoms with E-state index in [0.29, 0.717) is 6.42 Å². The zero-order chi connectivity index (χ0) is 12.8. The quantitative estimate of drug-likeness (QED) is 0.489. The molecule has 0 aromatic heterocycles. The molecule has 0 rings (SSSR count). The topological polar surface area (TPSA) is 52.6 Å². The molecule has 0 aliphatic carbocycles. The molecule has 94 valence electrons. The normalized spacial score (nSPS) is 13.5. The SMILES string of the molecule is C=C(C)CC(C(C)=O)P(=O)(OCC)OCC. The summed E-state index contributed by atoms with van der Waals surface area (Å²) in [6.45, 7) is 10.9. The molecule has 5 heteroatoms. The Morgan fingerprint density at radius 3 is 1.94 bits per heavy atom. The van der Waals surface area contributed by atoms with Crippen LogP contribution in [0.5, 0.6) is 0 Å². The molecule has 0 amide bonds. The van der Waals surface area contributed by atoms with E-state index in [9.17, 15) is 9.36 Å². The minimum absolute atomic E-state index is 0.187. The van der Waals surface area contributed by atoms with Crippen molar-refractivity contribution >= 4 is 13.4 Å². The Morgan fingerprint density at radius 2 is 1.69 bits per heavy atom. The Labute approximate surface area is 97.6 Å². The van der Waals surface area contributed by atoms with Gasteiger partial charge in [-0.1, -0.05) is 5.57 Å². The van der Waals surface area contributed by atoms with Crippen molar-refractivity contribution in [1.82, 2.24) is 0 Å². The summed E-state index contributed by atoms with van der Waals surface area (Å²) in [4.78, 5) is 11.5. The van der Waals surface area contributed by atoms with Gasteiger partial charge in [0, 0.05) is 0 Å². The fourth-order valence-electron chi connectivity index (χ4n) is 1.39. The van der Waals surface area contributed by atoms with Crippen LogP contribution in [0.1, 0.15) is 34.1 Å². The summed E-state index contributed by atoms with van der Waals surface area (Å²) in [5.74, 6) is -0.187. The van der Waals surface area contributed by atoms with Crippen LogP contribution in [0.3, 0.4) is 0 Å². The average molecular weight is 248 g/mol. The summed E-state index contributed by atoms with van der Waals surface area (Å²) in [6.07, 6.45) is 0.340. The monoisotopic (exact) mass is 248 g/mol. The standard InChI is InChI=1S/C11H21O4P/c1-6-14-16(13,15-7-2)11(10(5)12)8-9(3)4/h11H,3,6-8H2,1-2,4-5H3. The van der Waals surface area contributed by atoms with Crippen molar-refractivity contribution in [3.05, 3.63) is 12.2 Å². The summed E-state index contributed by atoms with van der Waals surface area (Å²) in [5.41, 5.74) is 0.0599. The Hall–Kier alpha value is -0.440. The summed E-state index contributed by atoms with van der Waals surface area (Å²) in [5, 5.41) is 0. The Bertz CT molecular complexity index is 288. The zero-order valence-electron chi connectivity index (χ0n) is 10.5. The van der Waals surface area contributed by atoms with Gasteiger partial charge in [0.25, 0.3) is 0 Å². The minimum Gasteiger partial charge on any atom is -0.308 e. The highest BCUT2D eigenvalue weighted by Gasteiger charge is 2.38.